The standard InChI is InChI=1S/C16H19F5N2O2.C2H6/c17-15(18)4-1-11(2-5-15)7-13(24)23-9-12-3-6-22-14(8-12)25-10-16(19,20)21;1-2/h3,6,8,11H,1-2,4-5,7,9-10H2,(H,23,24);1-2H3. The zero-order chi connectivity index (χ0) is 20.5. The molecule has 1 aromatic heterocycles. The molecule has 2 rings (SSSR count). The predicted molar refractivity (Wildman–Crippen MR) is 90.5 cm³/mol. The molecular weight excluding hydrogens is 371 g/mol. The Hall–Kier alpha value is -1.93. The predicted octanol–water partition coefficient (Wildman–Crippen LogP) is 4.88. The van der Waals surface area contributed by atoms with Gasteiger partial charge in [0.15, 0.2) is 6.61 Å². The molecule has 9 heteroatoms. The summed E-state index contributed by atoms with van der Waals surface area (Å²) in [6.45, 7) is 2.66. The number of halogens is 5. The number of alkyl halides is 5. The highest BCUT2D eigenvalue weighted by Crippen LogP contribution is 2.37. The van der Waals surface area contributed by atoms with Gasteiger partial charge in [0.2, 0.25) is 17.7 Å². The first-order valence-electron chi connectivity index (χ1n) is 8.92. The third-order valence-corrected chi connectivity index (χ3v) is 3.98. The van der Waals surface area contributed by atoms with Crippen molar-refractivity contribution in [2.24, 2.45) is 5.92 Å². The molecule has 154 valence electrons. The van der Waals surface area contributed by atoms with Crippen LogP contribution in [0.4, 0.5) is 22.0 Å². The summed E-state index contributed by atoms with van der Waals surface area (Å²) in [7, 11) is 0. The molecule has 1 N–H and O–H groups in total. The number of pyridine rings is 1. The minimum atomic E-state index is -4.46. The second-order valence-corrected chi connectivity index (χ2v) is 6.19. The van der Waals surface area contributed by atoms with E-state index >= 15 is 0 Å². The van der Waals surface area contributed by atoms with Crippen molar-refractivity contribution < 1.29 is 31.5 Å². The van der Waals surface area contributed by atoms with Crippen LogP contribution < -0.4 is 10.1 Å². The van der Waals surface area contributed by atoms with Crippen molar-refractivity contribution >= 4 is 5.91 Å². The molecule has 0 radical (unpaired) electrons. The molecule has 0 bridgehead atoms. The van der Waals surface area contributed by atoms with Crippen molar-refractivity contribution in [1.82, 2.24) is 10.3 Å². The molecular formula is C18H25F5N2O2. The Morgan fingerprint density at radius 2 is 1.93 bits per heavy atom. The Balaban J connectivity index is 0.00000176. The van der Waals surface area contributed by atoms with Crippen molar-refractivity contribution in [2.75, 3.05) is 6.61 Å². The summed E-state index contributed by atoms with van der Waals surface area (Å²) in [6.07, 6.45) is -2.78. The van der Waals surface area contributed by atoms with E-state index in [2.05, 4.69) is 15.0 Å². The number of ether oxygens (including phenoxy) is 1. The lowest BCUT2D eigenvalue weighted by molar-refractivity contribution is -0.154. The zero-order valence-corrected chi connectivity index (χ0v) is 15.4. The first-order valence-corrected chi connectivity index (χ1v) is 8.92. The van der Waals surface area contributed by atoms with Gasteiger partial charge in [-0.25, -0.2) is 13.8 Å². The number of carbonyl (C=O) groups excluding carboxylic acids is 1. The molecule has 0 atom stereocenters. The van der Waals surface area contributed by atoms with Crippen LogP contribution in [-0.4, -0.2) is 29.6 Å². The van der Waals surface area contributed by atoms with Crippen molar-refractivity contribution in [3.05, 3.63) is 23.9 Å². The summed E-state index contributed by atoms with van der Waals surface area (Å²) in [6, 6.07) is 2.86. The molecule has 27 heavy (non-hydrogen) atoms. The number of hydrogen-bond donors (Lipinski definition) is 1. The van der Waals surface area contributed by atoms with Crippen LogP contribution in [0.2, 0.25) is 0 Å². The Kier molecular flexibility index (Phi) is 8.92. The number of aromatic nitrogens is 1. The molecule has 0 aromatic carbocycles. The van der Waals surface area contributed by atoms with E-state index in [0.29, 0.717) is 18.4 Å². The van der Waals surface area contributed by atoms with Crippen molar-refractivity contribution in [3.63, 3.8) is 0 Å². The summed E-state index contributed by atoms with van der Waals surface area (Å²) < 4.78 is 67.0. The molecule has 0 spiro atoms. The molecule has 0 saturated heterocycles. The van der Waals surface area contributed by atoms with Gasteiger partial charge < -0.3 is 10.1 Å². The first kappa shape index (κ1) is 23.1. The van der Waals surface area contributed by atoms with Crippen molar-refractivity contribution in [2.45, 2.75) is 64.6 Å². The van der Waals surface area contributed by atoms with E-state index < -0.39 is 18.7 Å². The van der Waals surface area contributed by atoms with Crippen LogP contribution in [0.15, 0.2) is 18.3 Å². The number of rotatable bonds is 6. The molecule has 1 saturated carbocycles. The molecule has 0 aliphatic heterocycles. The van der Waals surface area contributed by atoms with E-state index in [9.17, 15) is 26.7 Å². The van der Waals surface area contributed by atoms with Crippen LogP contribution in [-0.2, 0) is 11.3 Å². The van der Waals surface area contributed by atoms with Crippen molar-refractivity contribution in [1.29, 1.82) is 0 Å². The minimum Gasteiger partial charge on any atom is -0.468 e. The second kappa shape index (κ2) is 10.4. The Labute approximate surface area is 155 Å². The van der Waals surface area contributed by atoms with Crippen LogP contribution >= 0.6 is 0 Å². The maximum absolute atomic E-state index is 13.1. The molecule has 1 heterocycles. The van der Waals surface area contributed by atoms with Crippen molar-refractivity contribution in [3.8, 4) is 5.88 Å². The van der Waals surface area contributed by atoms with Crippen LogP contribution in [0.1, 0.15) is 51.5 Å². The maximum atomic E-state index is 13.1. The van der Waals surface area contributed by atoms with Gasteiger partial charge >= 0.3 is 6.18 Å². The SMILES string of the molecule is CC.O=C(CC1CCC(F)(F)CC1)NCc1ccnc(OCC(F)(F)F)c1. The molecule has 1 aliphatic rings. The Morgan fingerprint density at radius 1 is 1.30 bits per heavy atom. The van der Waals surface area contributed by atoms with E-state index in [1.807, 2.05) is 13.8 Å². The molecule has 1 amide bonds. The van der Waals surface area contributed by atoms with Gasteiger partial charge in [0.05, 0.1) is 0 Å². The normalized spacial score (nSPS) is 16.9. The zero-order valence-electron chi connectivity index (χ0n) is 15.4. The fraction of sp³-hybridized carbons (Fsp3) is 0.667. The van der Waals surface area contributed by atoms with Crippen LogP contribution in [0.3, 0.4) is 0 Å². The molecule has 1 aromatic rings. The molecule has 1 fully saturated rings. The lowest BCUT2D eigenvalue weighted by Crippen LogP contribution is -2.29. The van der Waals surface area contributed by atoms with Gasteiger partial charge in [-0.15, -0.1) is 0 Å². The van der Waals surface area contributed by atoms with E-state index in [-0.39, 0.29) is 43.5 Å². The number of nitrogens with one attached hydrogen (secondary N) is 1. The van der Waals surface area contributed by atoms with Gasteiger partial charge in [0.25, 0.3) is 0 Å². The number of hydrogen-bond acceptors (Lipinski definition) is 3. The summed E-state index contributed by atoms with van der Waals surface area (Å²) in [5.74, 6) is -3.15. The lowest BCUT2D eigenvalue weighted by Gasteiger charge is -2.27. The largest absolute Gasteiger partial charge is 0.468 e. The van der Waals surface area contributed by atoms with E-state index in [0.717, 1.165) is 0 Å². The lowest BCUT2D eigenvalue weighted by atomic mass is 9.84. The fourth-order valence-electron chi connectivity index (χ4n) is 2.63. The third-order valence-electron chi connectivity index (χ3n) is 3.98. The second-order valence-electron chi connectivity index (χ2n) is 6.19. The van der Waals surface area contributed by atoms with Gasteiger partial charge in [0.1, 0.15) is 0 Å². The van der Waals surface area contributed by atoms with Crippen LogP contribution in [0.5, 0.6) is 5.88 Å². The van der Waals surface area contributed by atoms with E-state index in [4.69, 9.17) is 0 Å². The Morgan fingerprint density at radius 3 is 2.52 bits per heavy atom. The summed E-state index contributed by atoms with van der Waals surface area (Å²) in [5.41, 5.74) is 0.538. The quantitative estimate of drug-likeness (QED) is 0.698. The number of carbonyl (C=O) groups is 1. The maximum Gasteiger partial charge on any atom is 0.422 e. The van der Waals surface area contributed by atoms with Crippen LogP contribution in [0.25, 0.3) is 0 Å². The van der Waals surface area contributed by atoms with E-state index in [1.54, 1.807) is 6.07 Å². The average molecular weight is 396 g/mol. The van der Waals surface area contributed by atoms with Gasteiger partial charge in [-0.05, 0) is 30.4 Å². The van der Waals surface area contributed by atoms with Gasteiger partial charge in [-0.3, -0.25) is 4.79 Å². The molecule has 4 nitrogen and oxygen atoms in total. The summed E-state index contributed by atoms with van der Waals surface area (Å²) >= 11 is 0. The monoisotopic (exact) mass is 396 g/mol. The van der Waals surface area contributed by atoms with Crippen LogP contribution in [0, 0.1) is 5.92 Å². The van der Waals surface area contributed by atoms with E-state index in [1.165, 1.54) is 12.3 Å². The third kappa shape index (κ3) is 9.53. The average Bonchev–Trinajstić information content (AvgIpc) is 2.62. The minimum absolute atomic E-state index is 0.0669. The molecule has 1 aliphatic carbocycles. The Bertz CT molecular complexity index is 583. The molecule has 0 unspecified atom stereocenters. The summed E-state index contributed by atoms with van der Waals surface area (Å²) in [4.78, 5) is 15.6. The highest BCUT2D eigenvalue weighted by Gasteiger charge is 2.35. The van der Waals surface area contributed by atoms with Gasteiger partial charge in [0, 0.05) is 38.1 Å². The number of amides is 1. The smallest absolute Gasteiger partial charge is 0.422 e. The fourth-order valence-corrected chi connectivity index (χ4v) is 2.63. The van der Waals surface area contributed by atoms with Gasteiger partial charge in [-0.2, -0.15) is 13.2 Å². The van der Waals surface area contributed by atoms with Gasteiger partial charge in [-0.1, -0.05) is 13.8 Å². The topological polar surface area (TPSA) is 51.2 Å². The highest BCUT2D eigenvalue weighted by molar-refractivity contribution is 5.76. The highest BCUT2D eigenvalue weighted by atomic mass is 19.4. The first-order chi connectivity index (χ1) is 12.6. The summed E-state index contributed by atoms with van der Waals surface area (Å²) in [5, 5.41) is 2.63. The number of nitrogens with zero attached hydrogens (tertiary/aromatic N) is 1.